The summed E-state index contributed by atoms with van der Waals surface area (Å²) in [6, 6.07) is 7.96. The molecule has 150 valence electrons. The lowest BCUT2D eigenvalue weighted by molar-refractivity contribution is 0.0184. The van der Waals surface area contributed by atoms with Crippen LogP contribution in [-0.2, 0) is 11.3 Å². The third kappa shape index (κ3) is 7.77. The molecule has 0 unspecified atom stereocenters. The highest BCUT2D eigenvalue weighted by Gasteiger charge is 2.26. The van der Waals surface area contributed by atoms with Gasteiger partial charge in [0.15, 0.2) is 0 Å². The van der Waals surface area contributed by atoms with Crippen molar-refractivity contribution in [3.8, 4) is 0 Å². The molecule has 1 aliphatic rings. The average Bonchev–Trinajstić information content (AvgIpc) is 2.62. The molecule has 7 heteroatoms. The van der Waals surface area contributed by atoms with Gasteiger partial charge in [0.25, 0.3) is 0 Å². The monoisotopic (exact) mass is 394 g/mol. The first-order valence-electron chi connectivity index (χ1n) is 9.43. The van der Waals surface area contributed by atoms with Gasteiger partial charge in [-0.1, -0.05) is 12.1 Å². The molecule has 0 aliphatic carbocycles. The van der Waals surface area contributed by atoms with Gasteiger partial charge in [-0.15, -0.1) is 11.6 Å². The summed E-state index contributed by atoms with van der Waals surface area (Å²) in [5.74, 6) is 1.23. The molecule has 1 aromatic carbocycles. The number of carbonyl (C=O) groups excluding carboxylic acids is 1. The Labute approximate surface area is 167 Å². The fourth-order valence-electron chi connectivity index (χ4n) is 2.95. The van der Waals surface area contributed by atoms with Crippen LogP contribution in [-0.4, -0.2) is 47.9 Å². The zero-order valence-corrected chi connectivity index (χ0v) is 17.3. The lowest BCUT2D eigenvalue weighted by atomic mass is 9.97. The molecule has 6 nitrogen and oxygen atoms in total. The van der Waals surface area contributed by atoms with E-state index in [-0.39, 0.29) is 12.0 Å². The number of aliphatic imine (C=N–C) groups is 1. The number of amides is 1. The van der Waals surface area contributed by atoms with Gasteiger partial charge >= 0.3 is 6.09 Å². The fourth-order valence-corrected chi connectivity index (χ4v) is 3.01. The first-order valence-corrected chi connectivity index (χ1v) is 9.97. The van der Waals surface area contributed by atoms with Crippen molar-refractivity contribution in [2.45, 2.75) is 45.8 Å². The summed E-state index contributed by atoms with van der Waals surface area (Å²) in [7, 11) is 0. The molecule has 0 atom stereocenters. The van der Waals surface area contributed by atoms with Crippen LogP contribution >= 0.6 is 11.6 Å². The maximum absolute atomic E-state index is 12.1. The summed E-state index contributed by atoms with van der Waals surface area (Å²) in [6.07, 6.45) is 1.79. The highest BCUT2D eigenvalue weighted by atomic mass is 35.5. The minimum Gasteiger partial charge on any atom is -0.444 e. The Morgan fingerprint density at radius 1 is 1.30 bits per heavy atom. The van der Waals surface area contributed by atoms with Gasteiger partial charge in [-0.2, -0.15) is 0 Å². The predicted octanol–water partition coefficient (Wildman–Crippen LogP) is 3.65. The number of ether oxygens (including phenoxy) is 1. The molecule has 0 bridgehead atoms. The van der Waals surface area contributed by atoms with E-state index in [1.54, 1.807) is 0 Å². The molecule has 0 saturated carbocycles. The summed E-state index contributed by atoms with van der Waals surface area (Å²) < 4.78 is 5.44. The van der Waals surface area contributed by atoms with Crippen LogP contribution in [0.1, 0.15) is 39.2 Å². The van der Waals surface area contributed by atoms with Crippen LogP contribution in [0.5, 0.6) is 0 Å². The number of hydrogen-bond acceptors (Lipinski definition) is 4. The van der Waals surface area contributed by atoms with Gasteiger partial charge in [0, 0.05) is 19.6 Å². The highest BCUT2D eigenvalue weighted by Crippen LogP contribution is 2.19. The smallest absolute Gasteiger partial charge is 0.410 e. The number of nitrogens with two attached hydrogens (primary N) is 1. The minimum absolute atomic E-state index is 0.202. The predicted molar refractivity (Wildman–Crippen MR) is 111 cm³/mol. The first kappa shape index (κ1) is 21.5. The van der Waals surface area contributed by atoms with Gasteiger partial charge < -0.3 is 20.7 Å². The van der Waals surface area contributed by atoms with Crippen LogP contribution < -0.4 is 11.1 Å². The van der Waals surface area contributed by atoms with E-state index < -0.39 is 5.60 Å². The van der Waals surface area contributed by atoms with Gasteiger partial charge in [-0.05, 0) is 63.8 Å². The standard InChI is InChI=1S/C20H31ClN4O2/c1-20(2,3)27-19(26)25-10-8-16(9-11-25)14-23-13-15-4-6-17(7-5-15)24-18(22)12-21/h4-7,16,23H,8-14H2,1-3H3,(H2,22,24). The average molecular weight is 395 g/mol. The molecule has 27 heavy (non-hydrogen) atoms. The van der Waals surface area contributed by atoms with Crippen molar-refractivity contribution in [2.24, 2.45) is 16.6 Å². The Bertz CT molecular complexity index is 632. The molecule has 0 aromatic heterocycles. The molecule has 1 saturated heterocycles. The Morgan fingerprint density at radius 2 is 1.93 bits per heavy atom. The van der Waals surface area contributed by atoms with Crippen molar-refractivity contribution in [1.29, 1.82) is 0 Å². The number of amidine groups is 1. The third-order valence-electron chi connectivity index (χ3n) is 4.37. The van der Waals surface area contributed by atoms with Crippen molar-refractivity contribution < 1.29 is 9.53 Å². The third-order valence-corrected chi connectivity index (χ3v) is 4.65. The zero-order valence-electron chi connectivity index (χ0n) is 16.5. The van der Waals surface area contributed by atoms with E-state index in [4.69, 9.17) is 22.1 Å². The maximum Gasteiger partial charge on any atom is 0.410 e. The van der Waals surface area contributed by atoms with Crippen LogP contribution in [0.4, 0.5) is 10.5 Å². The Morgan fingerprint density at radius 3 is 2.48 bits per heavy atom. The van der Waals surface area contributed by atoms with Gasteiger partial charge in [0.05, 0.1) is 11.6 Å². The molecule has 0 radical (unpaired) electrons. The highest BCUT2D eigenvalue weighted by molar-refractivity contribution is 6.28. The molecule has 3 N–H and O–H groups in total. The van der Waals surface area contributed by atoms with E-state index in [2.05, 4.69) is 10.3 Å². The molecular weight excluding hydrogens is 364 g/mol. The number of likely N-dealkylation sites (tertiary alicyclic amines) is 1. The van der Waals surface area contributed by atoms with Gasteiger partial charge in [0.1, 0.15) is 11.4 Å². The van der Waals surface area contributed by atoms with Crippen LogP contribution in [0.25, 0.3) is 0 Å². The maximum atomic E-state index is 12.1. The Hall–Kier alpha value is -1.79. The normalized spacial score (nSPS) is 16.4. The number of alkyl halides is 1. The van der Waals surface area contributed by atoms with Crippen LogP contribution in [0.15, 0.2) is 29.3 Å². The number of piperidine rings is 1. The summed E-state index contributed by atoms with van der Waals surface area (Å²) in [4.78, 5) is 18.1. The van der Waals surface area contributed by atoms with E-state index >= 15 is 0 Å². The molecule has 1 fully saturated rings. The van der Waals surface area contributed by atoms with Crippen LogP contribution in [0.3, 0.4) is 0 Å². The lowest BCUT2D eigenvalue weighted by Gasteiger charge is -2.33. The van der Waals surface area contributed by atoms with E-state index in [9.17, 15) is 4.79 Å². The molecule has 1 heterocycles. The van der Waals surface area contributed by atoms with Crippen molar-refractivity contribution in [3.63, 3.8) is 0 Å². The summed E-state index contributed by atoms with van der Waals surface area (Å²) in [5, 5.41) is 3.51. The molecular formula is C20H31ClN4O2. The van der Waals surface area contributed by atoms with E-state index in [1.807, 2.05) is 49.9 Å². The molecule has 1 aromatic rings. The largest absolute Gasteiger partial charge is 0.444 e. The lowest BCUT2D eigenvalue weighted by Crippen LogP contribution is -2.43. The molecule has 1 aliphatic heterocycles. The van der Waals surface area contributed by atoms with Crippen molar-refractivity contribution in [1.82, 2.24) is 10.2 Å². The summed E-state index contributed by atoms with van der Waals surface area (Å²) in [5.41, 5.74) is 7.21. The Kier molecular flexibility index (Phi) is 7.92. The second-order valence-corrected chi connectivity index (χ2v) is 8.21. The van der Waals surface area contributed by atoms with E-state index in [0.717, 1.165) is 44.7 Å². The number of hydrogen-bond donors (Lipinski definition) is 2. The van der Waals surface area contributed by atoms with Gasteiger partial charge in [0.2, 0.25) is 0 Å². The molecule has 2 rings (SSSR count). The number of carbonyl (C=O) groups is 1. The van der Waals surface area contributed by atoms with Crippen LogP contribution in [0, 0.1) is 5.92 Å². The second-order valence-electron chi connectivity index (χ2n) is 7.94. The Balaban J connectivity index is 1.69. The topological polar surface area (TPSA) is 80.0 Å². The van der Waals surface area contributed by atoms with Crippen molar-refractivity contribution in [2.75, 3.05) is 25.5 Å². The van der Waals surface area contributed by atoms with Gasteiger partial charge in [-0.3, -0.25) is 0 Å². The number of benzene rings is 1. The zero-order chi connectivity index (χ0) is 19.9. The van der Waals surface area contributed by atoms with Gasteiger partial charge in [-0.25, -0.2) is 9.79 Å². The number of nitrogens with one attached hydrogen (secondary N) is 1. The number of halogens is 1. The van der Waals surface area contributed by atoms with Crippen LogP contribution in [0.2, 0.25) is 0 Å². The van der Waals surface area contributed by atoms with Crippen molar-refractivity contribution in [3.05, 3.63) is 29.8 Å². The van der Waals surface area contributed by atoms with E-state index in [1.165, 1.54) is 5.56 Å². The minimum atomic E-state index is -0.438. The SMILES string of the molecule is CC(C)(C)OC(=O)N1CCC(CNCc2ccc(N=C(N)CCl)cc2)CC1. The molecule has 0 spiro atoms. The van der Waals surface area contributed by atoms with Crippen molar-refractivity contribution >= 4 is 29.2 Å². The fraction of sp³-hybridized carbons (Fsp3) is 0.600. The second kappa shape index (κ2) is 9.95. The van der Waals surface area contributed by atoms with E-state index in [0.29, 0.717) is 11.8 Å². The number of nitrogens with zero attached hydrogens (tertiary/aromatic N) is 2. The first-order chi connectivity index (χ1) is 12.8. The molecule has 1 amide bonds. The number of rotatable bonds is 6. The summed E-state index contributed by atoms with van der Waals surface area (Å²) in [6.45, 7) is 8.96. The summed E-state index contributed by atoms with van der Waals surface area (Å²) >= 11 is 5.64. The quantitative estimate of drug-likeness (QED) is 0.438.